The molecule has 1 heterocycles. The highest BCUT2D eigenvalue weighted by molar-refractivity contribution is 6.06. The number of nitrogens with zero attached hydrogens (tertiary/aromatic N) is 1. The van der Waals surface area contributed by atoms with Crippen molar-refractivity contribution < 1.29 is 29.6 Å². The standard InChI is InChI=1S/C43H55N3O6/c1-4-9-34(39(49)26-45-17-5-2)32-21-28(19-27-16-18-46-41(44)22-27)20-30-12-14-33(29-10-7-6-8-11-29)35-25-38(48)40(52-3)24-31(35)13-15-37(47)43(51)42(50)36(30)23-32/h6-8,10-11,16,18,22,24-25,28,30,32-34,36,39,43,45,48-49,51H,4-5,9,13,15,17,19-21,23,26H2,1-3H3,(H2,44,46)/t28-,30+,32+,33+,34+,36-,39-,43-/m0/s1. The fraction of sp³-hybridized carbons (Fsp3) is 0.512. The van der Waals surface area contributed by atoms with E-state index in [2.05, 4.69) is 36.0 Å². The smallest absolute Gasteiger partial charge is 0.173 e. The lowest BCUT2D eigenvalue weighted by Gasteiger charge is -2.33. The second-order valence-corrected chi connectivity index (χ2v) is 14.7. The van der Waals surface area contributed by atoms with Crippen molar-refractivity contribution in [2.75, 3.05) is 25.9 Å². The number of benzene rings is 2. The normalized spacial score (nSPS) is 24.9. The van der Waals surface area contributed by atoms with Gasteiger partial charge < -0.3 is 31.1 Å². The summed E-state index contributed by atoms with van der Waals surface area (Å²) in [5.74, 6) is 5.08. The first kappa shape index (κ1) is 39.0. The van der Waals surface area contributed by atoms with Crippen LogP contribution in [0.25, 0.3) is 0 Å². The Morgan fingerprint density at radius 3 is 2.52 bits per heavy atom. The van der Waals surface area contributed by atoms with Gasteiger partial charge in [0, 0.05) is 31.0 Å². The number of Topliss-reactive ketones (excluding diaryl/α,β-unsaturated/α-hetero) is 2. The van der Waals surface area contributed by atoms with Gasteiger partial charge in [-0.05, 0) is 116 Å². The number of nitrogen functional groups attached to an aromatic ring is 1. The van der Waals surface area contributed by atoms with Crippen molar-refractivity contribution in [1.82, 2.24) is 10.3 Å². The zero-order valence-corrected chi connectivity index (χ0v) is 30.8. The van der Waals surface area contributed by atoms with Gasteiger partial charge in [-0.15, -0.1) is 0 Å². The number of aliphatic hydroxyl groups is 2. The van der Waals surface area contributed by atoms with Gasteiger partial charge in [0.1, 0.15) is 5.82 Å². The molecular weight excluding hydrogens is 654 g/mol. The van der Waals surface area contributed by atoms with Gasteiger partial charge in [0.2, 0.25) is 0 Å². The zero-order valence-electron chi connectivity index (χ0n) is 30.8. The number of phenolic OH excluding ortho intramolecular Hbond substituents is 1. The molecular formula is C43H55N3O6. The molecule has 0 aliphatic heterocycles. The summed E-state index contributed by atoms with van der Waals surface area (Å²) in [6.07, 6.45) is 4.52. The third-order valence-electron chi connectivity index (χ3n) is 11.0. The van der Waals surface area contributed by atoms with Crippen LogP contribution in [0, 0.1) is 41.4 Å². The molecule has 278 valence electrons. The Balaban J connectivity index is 1.65. The maximum absolute atomic E-state index is 14.4. The Morgan fingerprint density at radius 1 is 1.02 bits per heavy atom. The Bertz CT molecular complexity index is 1720. The number of ether oxygens (including phenoxy) is 1. The highest BCUT2D eigenvalue weighted by Gasteiger charge is 2.43. The molecule has 9 nitrogen and oxygen atoms in total. The number of nitrogens with two attached hydrogens (primary N) is 1. The third kappa shape index (κ3) is 9.60. The number of phenols is 1. The minimum absolute atomic E-state index is 0.0292. The number of carbonyl (C=O) groups is 2. The minimum Gasteiger partial charge on any atom is -0.504 e. The molecule has 0 saturated heterocycles. The molecule has 0 bridgehead atoms. The van der Waals surface area contributed by atoms with Gasteiger partial charge in [-0.2, -0.15) is 0 Å². The first-order valence-electron chi connectivity index (χ1n) is 18.9. The maximum atomic E-state index is 14.4. The molecule has 2 aromatic carbocycles. The van der Waals surface area contributed by atoms with Gasteiger partial charge in [0.15, 0.2) is 29.2 Å². The lowest BCUT2D eigenvalue weighted by molar-refractivity contribution is -0.142. The highest BCUT2D eigenvalue weighted by Crippen LogP contribution is 2.44. The van der Waals surface area contributed by atoms with Crippen molar-refractivity contribution in [1.29, 1.82) is 0 Å². The second-order valence-electron chi connectivity index (χ2n) is 14.7. The van der Waals surface area contributed by atoms with Gasteiger partial charge in [-0.1, -0.05) is 62.4 Å². The average Bonchev–Trinajstić information content (AvgIpc) is 3.31. The number of carbonyl (C=O) groups excluding carboxylic acids is 2. The van der Waals surface area contributed by atoms with Crippen LogP contribution in [0.4, 0.5) is 5.82 Å². The number of pyridine rings is 1. The molecule has 0 unspecified atom stereocenters. The van der Waals surface area contributed by atoms with Crippen LogP contribution < -0.4 is 15.8 Å². The summed E-state index contributed by atoms with van der Waals surface area (Å²) in [5, 5.41) is 37.3. The van der Waals surface area contributed by atoms with E-state index in [9.17, 15) is 24.9 Å². The van der Waals surface area contributed by atoms with Crippen LogP contribution in [0.2, 0.25) is 0 Å². The van der Waals surface area contributed by atoms with E-state index in [0.717, 1.165) is 54.5 Å². The van der Waals surface area contributed by atoms with Crippen molar-refractivity contribution in [2.45, 2.75) is 89.8 Å². The fourth-order valence-electron chi connectivity index (χ4n) is 8.44. The van der Waals surface area contributed by atoms with Crippen molar-refractivity contribution >= 4 is 17.4 Å². The number of aryl methyl sites for hydroxylation is 1. The number of hydrogen-bond acceptors (Lipinski definition) is 9. The van der Waals surface area contributed by atoms with Crippen LogP contribution in [-0.2, 0) is 22.4 Å². The molecule has 0 spiro atoms. The zero-order chi connectivity index (χ0) is 37.2. The Hall–Kier alpha value is -4.23. The molecule has 3 aromatic rings. The number of ketones is 2. The van der Waals surface area contributed by atoms with Crippen molar-refractivity contribution in [3.8, 4) is 23.3 Å². The summed E-state index contributed by atoms with van der Waals surface area (Å²) in [4.78, 5) is 32.3. The van der Waals surface area contributed by atoms with Crippen LogP contribution in [0.1, 0.15) is 87.0 Å². The van der Waals surface area contributed by atoms with Crippen LogP contribution >= 0.6 is 0 Å². The van der Waals surface area contributed by atoms with Gasteiger partial charge in [-0.3, -0.25) is 9.59 Å². The van der Waals surface area contributed by atoms with Gasteiger partial charge in [-0.25, -0.2) is 4.98 Å². The highest BCUT2D eigenvalue weighted by atomic mass is 16.5. The largest absolute Gasteiger partial charge is 0.504 e. The number of fused-ring (bicyclic) bond motifs is 2. The molecule has 2 aliphatic rings. The van der Waals surface area contributed by atoms with Crippen molar-refractivity contribution in [3.05, 3.63) is 83.0 Å². The Labute approximate surface area is 308 Å². The summed E-state index contributed by atoms with van der Waals surface area (Å²) < 4.78 is 5.42. The first-order chi connectivity index (χ1) is 25.1. The van der Waals surface area contributed by atoms with E-state index in [-0.39, 0.29) is 42.1 Å². The maximum Gasteiger partial charge on any atom is 0.173 e. The molecule has 2 aliphatic carbocycles. The molecule has 5 rings (SSSR count). The number of aromatic hydroxyl groups is 1. The number of methoxy groups -OCH3 is 1. The van der Waals surface area contributed by atoms with Crippen LogP contribution in [-0.4, -0.2) is 64.3 Å². The van der Waals surface area contributed by atoms with E-state index in [1.807, 2.05) is 42.5 Å². The van der Waals surface area contributed by atoms with E-state index < -0.39 is 41.5 Å². The Morgan fingerprint density at radius 2 is 1.81 bits per heavy atom. The van der Waals surface area contributed by atoms with E-state index in [4.69, 9.17) is 10.5 Å². The molecule has 9 heteroatoms. The number of rotatable bonds is 12. The van der Waals surface area contributed by atoms with E-state index in [0.29, 0.717) is 31.6 Å². The number of anilines is 1. The van der Waals surface area contributed by atoms with Crippen LogP contribution in [0.15, 0.2) is 60.8 Å². The second kappa shape index (κ2) is 18.5. The number of aliphatic hydroxyl groups excluding tert-OH is 2. The lowest BCUT2D eigenvalue weighted by Crippen LogP contribution is -2.41. The lowest BCUT2D eigenvalue weighted by atomic mass is 9.73. The summed E-state index contributed by atoms with van der Waals surface area (Å²) in [7, 11) is 1.47. The SMILES string of the molecule is CCCNC[C@H](O)[C@H](CCC)[C@@H]1C[C@@H](Cc2ccnc(N)c2)C[C@H]2C#C[C@H](c3ccccc3)c3cc(O)c(OC)cc3CCC(=O)[C@H](O)C(=O)[C@H]2C1. The number of hydrogen-bond donors (Lipinski definition) is 5. The monoisotopic (exact) mass is 709 g/mol. The van der Waals surface area contributed by atoms with E-state index in [1.165, 1.54) is 7.11 Å². The van der Waals surface area contributed by atoms with E-state index >= 15 is 0 Å². The average molecular weight is 710 g/mol. The molecule has 1 fully saturated rings. The van der Waals surface area contributed by atoms with Gasteiger partial charge in [0.05, 0.1) is 19.1 Å². The summed E-state index contributed by atoms with van der Waals surface area (Å²) >= 11 is 0. The predicted molar refractivity (Wildman–Crippen MR) is 203 cm³/mol. The molecule has 0 amide bonds. The summed E-state index contributed by atoms with van der Waals surface area (Å²) in [6, 6.07) is 17.1. The van der Waals surface area contributed by atoms with E-state index in [1.54, 1.807) is 18.3 Å². The summed E-state index contributed by atoms with van der Waals surface area (Å²) in [6.45, 7) is 5.46. The van der Waals surface area contributed by atoms with Crippen molar-refractivity contribution in [3.63, 3.8) is 0 Å². The predicted octanol–water partition coefficient (Wildman–Crippen LogP) is 5.63. The molecule has 6 N–H and O–H groups in total. The fourth-order valence-corrected chi connectivity index (χ4v) is 8.44. The minimum atomic E-state index is -1.78. The van der Waals surface area contributed by atoms with Gasteiger partial charge >= 0.3 is 0 Å². The molecule has 52 heavy (non-hydrogen) atoms. The quantitative estimate of drug-likeness (QED) is 0.0915. The molecule has 1 aromatic heterocycles. The van der Waals surface area contributed by atoms with Crippen molar-refractivity contribution in [2.24, 2.45) is 29.6 Å². The molecule has 8 atom stereocenters. The van der Waals surface area contributed by atoms with Crippen LogP contribution in [0.5, 0.6) is 11.5 Å². The first-order valence-corrected chi connectivity index (χ1v) is 18.9. The topological polar surface area (TPSA) is 155 Å². The molecule has 1 saturated carbocycles. The summed E-state index contributed by atoms with van der Waals surface area (Å²) in [5.41, 5.74) is 9.56. The number of aromatic nitrogens is 1. The van der Waals surface area contributed by atoms with Gasteiger partial charge in [0.25, 0.3) is 0 Å². The molecule has 0 radical (unpaired) electrons. The Kier molecular flexibility index (Phi) is 13.9. The third-order valence-corrected chi connectivity index (χ3v) is 11.0. The number of nitrogens with one attached hydrogen (secondary N) is 1. The van der Waals surface area contributed by atoms with Crippen LogP contribution in [0.3, 0.4) is 0 Å².